The van der Waals surface area contributed by atoms with Crippen molar-refractivity contribution in [1.29, 1.82) is 0 Å². The number of ether oxygens (including phenoxy) is 2. The van der Waals surface area contributed by atoms with Crippen molar-refractivity contribution in [2.75, 3.05) is 32.8 Å². The second-order valence-corrected chi connectivity index (χ2v) is 5.68. The molecule has 0 saturated carbocycles. The quantitative estimate of drug-likeness (QED) is 0.726. The molecule has 0 radical (unpaired) electrons. The highest BCUT2D eigenvalue weighted by molar-refractivity contribution is 5.72. The molecule has 2 rings (SSSR count). The number of para-hydroxylation sites is 1. The van der Waals surface area contributed by atoms with Gasteiger partial charge in [0.1, 0.15) is 12.4 Å². The minimum atomic E-state index is -0.0322. The number of likely N-dealkylation sites (tertiary alicyclic amines) is 1. The molecule has 0 bridgehead atoms. The van der Waals surface area contributed by atoms with Crippen LogP contribution < -0.4 is 4.74 Å². The molecule has 1 fully saturated rings. The fourth-order valence-corrected chi connectivity index (χ4v) is 2.87. The summed E-state index contributed by atoms with van der Waals surface area (Å²) >= 11 is 0. The van der Waals surface area contributed by atoms with Crippen LogP contribution in [0.25, 0.3) is 0 Å². The van der Waals surface area contributed by atoms with E-state index in [0.717, 1.165) is 44.6 Å². The van der Waals surface area contributed by atoms with E-state index in [1.54, 1.807) is 0 Å². The van der Waals surface area contributed by atoms with Gasteiger partial charge in [0.25, 0.3) is 0 Å². The highest BCUT2D eigenvalue weighted by Crippen LogP contribution is 2.20. The first-order valence-corrected chi connectivity index (χ1v) is 8.34. The van der Waals surface area contributed by atoms with Gasteiger partial charge in [-0.25, -0.2) is 0 Å². The van der Waals surface area contributed by atoms with Gasteiger partial charge in [0.2, 0.25) is 0 Å². The topological polar surface area (TPSA) is 38.8 Å². The minimum absolute atomic E-state index is 0.0322. The van der Waals surface area contributed by atoms with Crippen LogP contribution in [0.5, 0.6) is 5.75 Å². The van der Waals surface area contributed by atoms with E-state index in [9.17, 15) is 4.79 Å². The molecule has 0 aromatic heterocycles. The molecule has 0 unspecified atom stereocenters. The van der Waals surface area contributed by atoms with Crippen LogP contribution in [-0.2, 0) is 16.0 Å². The molecule has 1 aromatic carbocycles. The zero-order valence-electron chi connectivity index (χ0n) is 13.7. The monoisotopic (exact) mass is 305 g/mol. The first kappa shape index (κ1) is 16.8. The van der Waals surface area contributed by atoms with Crippen molar-refractivity contribution in [3.05, 3.63) is 29.8 Å². The number of carbonyl (C=O) groups excluding carboxylic acids is 1. The lowest BCUT2D eigenvalue weighted by Gasteiger charge is -2.30. The van der Waals surface area contributed by atoms with E-state index in [0.29, 0.717) is 13.2 Å². The molecule has 1 saturated heterocycles. The van der Waals surface area contributed by atoms with Crippen LogP contribution in [0, 0.1) is 5.92 Å². The van der Waals surface area contributed by atoms with Gasteiger partial charge < -0.3 is 9.47 Å². The number of rotatable bonds is 7. The Morgan fingerprint density at radius 3 is 2.64 bits per heavy atom. The normalized spacial score (nSPS) is 16.5. The third kappa shape index (κ3) is 4.73. The van der Waals surface area contributed by atoms with Gasteiger partial charge in [-0.15, -0.1) is 0 Å². The van der Waals surface area contributed by atoms with Crippen LogP contribution in [-0.4, -0.2) is 43.7 Å². The zero-order chi connectivity index (χ0) is 15.8. The number of piperidine rings is 1. The fourth-order valence-electron chi connectivity index (χ4n) is 2.87. The van der Waals surface area contributed by atoms with Crippen molar-refractivity contribution < 1.29 is 14.3 Å². The molecule has 1 aromatic rings. The van der Waals surface area contributed by atoms with Gasteiger partial charge in [0.05, 0.1) is 12.5 Å². The van der Waals surface area contributed by atoms with Crippen molar-refractivity contribution in [1.82, 2.24) is 4.90 Å². The molecule has 1 aliphatic heterocycles. The van der Waals surface area contributed by atoms with E-state index in [4.69, 9.17) is 9.47 Å². The number of nitrogens with zero attached hydrogens (tertiary/aromatic N) is 1. The summed E-state index contributed by atoms with van der Waals surface area (Å²) in [7, 11) is 0. The molecule has 4 heteroatoms. The van der Waals surface area contributed by atoms with E-state index >= 15 is 0 Å². The molecule has 0 spiro atoms. The number of hydrogen-bond acceptors (Lipinski definition) is 4. The summed E-state index contributed by atoms with van der Waals surface area (Å²) in [5, 5.41) is 0. The molecule has 0 N–H and O–H groups in total. The lowest BCUT2D eigenvalue weighted by Crippen LogP contribution is -2.39. The predicted molar refractivity (Wildman–Crippen MR) is 87.1 cm³/mol. The van der Waals surface area contributed by atoms with E-state index in [1.807, 2.05) is 25.1 Å². The minimum Gasteiger partial charge on any atom is -0.492 e. The summed E-state index contributed by atoms with van der Waals surface area (Å²) in [6.45, 7) is 7.98. The molecular formula is C18H27NO3. The Kier molecular flexibility index (Phi) is 6.72. The molecule has 4 nitrogen and oxygen atoms in total. The third-order valence-corrected chi connectivity index (χ3v) is 4.23. The maximum Gasteiger partial charge on any atom is 0.309 e. The standard InChI is InChI=1S/C18H27NO3/c1-3-15-7-5-6-8-17(15)22-14-13-19-11-9-16(10-12-19)18(20)21-4-2/h5-8,16H,3-4,9-14H2,1-2H3. The lowest BCUT2D eigenvalue weighted by molar-refractivity contribution is -0.149. The van der Waals surface area contributed by atoms with E-state index < -0.39 is 0 Å². The van der Waals surface area contributed by atoms with Crippen molar-refractivity contribution in [2.24, 2.45) is 5.92 Å². The Balaban J connectivity index is 1.70. The Hall–Kier alpha value is -1.55. The molecule has 0 amide bonds. The zero-order valence-corrected chi connectivity index (χ0v) is 13.7. The Labute approximate surface area is 133 Å². The molecule has 0 atom stereocenters. The second-order valence-electron chi connectivity index (χ2n) is 5.68. The van der Waals surface area contributed by atoms with E-state index in [-0.39, 0.29) is 11.9 Å². The summed E-state index contributed by atoms with van der Waals surface area (Å²) in [5.41, 5.74) is 1.25. The third-order valence-electron chi connectivity index (χ3n) is 4.23. The van der Waals surface area contributed by atoms with Crippen LogP contribution in [0.15, 0.2) is 24.3 Å². The summed E-state index contributed by atoms with van der Waals surface area (Å²) in [6, 6.07) is 8.21. The molecule has 122 valence electrons. The van der Waals surface area contributed by atoms with E-state index in [1.165, 1.54) is 5.56 Å². The number of carbonyl (C=O) groups is 1. The average molecular weight is 305 g/mol. The first-order chi connectivity index (χ1) is 10.7. The average Bonchev–Trinajstić information content (AvgIpc) is 2.56. The summed E-state index contributed by atoms with van der Waals surface area (Å²) < 4.78 is 11.0. The molecule has 1 aliphatic rings. The number of aryl methyl sites for hydroxylation is 1. The van der Waals surface area contributed by atoms with Crippen LogP contribution >= 0.6 is 0 Å². The van der Waals surface area contributed by atoms with Gasteiger partial charge in [-0.2, -0.15) is 0 Å². The Bertz CT molecular complexity index is 467. The summed E-state index contributed by atoms with van der Waals surface area (Å²) in [6.07, 6.45) is 2.77. The molecule has 1 heterocycles. The second kappa shape index (κ2) is 8.79. The van der Waals surface area contributed by atoms with Crippen LogP contribution in [0.4, 0.5) is 0 Å². The first-order valence-electron chi connectivity index (χ1n) is 8.34. The lowest BCUT2D eigenvalue weighted by atomic mass is 9.97. The number of esters is 1. The van der Waals surface area contributed by atoms with Crippen molar-refractivity contribution in [3.63, 3.8) is 0 Å². The summed E-state index contributed by atoms with van der Waals surface area (Å²) in [4.78, 5) is 14.1. The van der Waals surface area contributed by atoms with Gasteiger partial charge in [-0.1, -0.05) is 25.1 Å². The maximum absolute atomic E-state index is 11.7. The highest BCUT2D eigenvalue weighted by atomic mass is 16.5. The predicted octanol–water partition coefficient (Wildman–Crippen LogP) is 2.90. The Morgan fingerprint density at radius 1 is 1.23 bits per heavy atom. The maximum atomic E-state index is 11.7. The van der Waals surface area contributed by atoms with Crippen LogP contribution in [0.1, 0.15) is 32.3 Å². The molecular weight excluding hydrogens is 278 g/mol. The Morgan fingerprint density at radius 2 is 1.95 bits per heavy atom. The SMILES string of the molecule is CCOC(=O)C1CCN(CCOc2ccccc2CC)CC1. The number of benzene rings is 1. The smallest absolute Gasteiger partial charge is 0.309 e. The van der Waals surface area contributed by atoms with Gasteiger partial charge >= 0.3 is 5.97 Å². The van der Waals surface area contributed by atoms with Crippen LogP contribution in [0.2, 0.25) is 0 Å². The van der Waals surface area contributed by atoms with Gasteiger partial charge in [0, 0.05) is 6.54 Å². The summed E-state index contributed by atoms with van der Waals surface area (Å²) in [5.74, 6) is 1.04. The number of hydrogen-bond donors (Lipinski definition) is 0. The van der Waals surface area contributed by atoms with Gasteiger partial charge in [-0.3, -0.25) is 9.69 Å². The van der Waals surface area contributed by atoms with E-state index in [2.05, 4.69) is 17.9 Å². The fraction of sp³-hybridized carbons (Fsp3) is 0.611. The molecule has 0 aliphatic carbocycles. The van der Waals surface area contributed by atoms with Crippen molar-refractivity contribution >= 4 is 5.97 Å². The molecule has 22 heavy (non-hydrogen) atoms. The van der Waals surface area contributed by atoms with Gasteiger partial charge in [0.15, 0.2) is 0 Å². The highest BCUT2D eigenvalue weighted by Gasteiger charge is 2.25. The van der Waals surface area contributed by atoms with Crippen molar-refractivity contribution in [2.45, 2.75) is 33.1 Å². The largest absolute Gasteiger partial charge is 0.492 e. The van der Waals surface area contributed by atoms with Gasteiger partial charge in [-0.05, 0) is 50.9 Å². The van der Waals surface area contributed by atoms with Crippen molar-refractivity contribution in [3.8, 4) is 5.75 Å². The van der Waals surface area contributed by atoms with Crippen LogP contribution in [0.3, 0.4) is 0 Å².